The fourth-order valence-corrected chi connectivity index (χ4v) is 2.55. The van der Waals surface area contributed by atoms with Crippen LogP contribution in [-0.4, -0.2) is 42.3 Å². The Balaban J connectivity index is 1.55. The predicted molar refractivity (Wildman–Crippen MR) is 89.0 cm³/mol. The molecule has 0 bridgehead atoms. The minimum absolute atomic E-state index is 0.0223. The van der Waals surface area contributed by atoms with Crippen LogP contribution in [0.15, 0.2) is 30.3 Å². The Morgan fingerprint density at radius 2 is 1.88 bits per heavy atom. The zero-order valence-corrected chi connectivity index (χ0v) is 14.0. The maximum Gasteiger partial charge on any atom is 0.229 e. The minimum Gasteiger partial charge on any atom is -0.374 e. The highest BCUT2D eigenvalue weighted by Crippen LogP contribution is 2.15. The van der Waals surface area contributed by atoms with Gasteiger partial charge in [0.25, 0.3) is 0 Å². The normalized spacial score (nSPS) is 15.6. The number of rotatable bonds is 9. The third-order valence-electron chi connectivity index (χ3n) is 4.00. The molecule has 1 aliphatic rings. The second kappa shape index (κ2) is 9.17. The van der Waals surface area contributed by atoms with Crippen molar-refractivity contribution in [2.45, 2.75) is 38.7 Å². The lowest BCUT2D eigenvalue weighted by Crippen LogP contribution is -2.34. The van der Waals surface area contributed by atoms with E-state index in [2.05, 4.69) is 5.32 Å². The van der Waals surface area contributed by atoms with E-state index in [1.165, 1.54) is 4.90 Å². The van der Waals surface area contributed by atoms with Gasteiger partial charge >= 0.3 is 0 Å². The van der Waals surface area contributed by atoms with Crippen LogP contribution in [0.2, 0.25) is 0 Å². The largest absolute Gasteiger partial charge is 0.374 e. The number of imide groups is 1. The van der Waals surface area contributed by atoms with Crippen molar-refractivity contribution in [3.63, 3.8) is 0 Å². The quantitative estimate of drug-likeness (QED) is 0.553. The summed E-state index contributed by atoms with van der Waals surface area (Å²) >= 11 is 0. The van der Waals surface area contributed by atoms with E-state index in [4.69, 9.17) is 4.74 Å². The molecule has 1 N–H and O–H groups in total. The van der Waals surface area contributed by atoms with Gasteiger partial charge in [0.05, 0.1) is 6.10 Å². The summed E-state index contributed by atoms with van der Waals surface area (Å²) in [5, 5.41) is 2.78. The Hall–Kier alpha value is -2.21. The molecule has 6 heteroatoms. The Morgan fingerprint density at radius 1 is 1.21 bits per heavy atom. The average molecular weight is 332 g/mol. The zero-order chi connectivity index (χ0) is 17.4. The first kappa shape index (κ1) is 18.1. The van der Waals surface area contributed by atoms with Crippen molar-refractivity contribution in [3.8, 4) is 0 Å². The van der Waals surface area contributed by atoms with Gasteiger partial charge < -0.3 is 10.1 Å². The van der Waals surface area contributed by atoms with Crippen molar-refractivity contribution in [1.82, 2.24) is 10.2 Å². The molecule has 130 valence electrons. The fraction of sp³-hybridized carbons (Fsp3) is 0.500. The highest BCUT2D eigenvalue weighted by Gasteiger charge is 2.28. The van der Waals surface area contributed by atoms with Crippen LogP contribution < -0.4 is 5.32 Å². The fourth-order valence-electron chi connectivity index (χ4n) is 2.55. The van der Waals surface area contributed by atoms with Gasteiger partial charge in [-0.3, -0.25) is 19.3 Å². The molecule has 0 aliphatic carbocycles. The molecule has 1 heterocycles. The Bertz CT molecular complexity index is 558. The van der Waals surface area contributed by atoms with Crippen molar-refractivity contribution in [2.75, 3.05) is 19.7 Å². The third kappa shape index (κ3) is 5.45. The van der Waals surface area contributed by atoms with Crippen LogP contribution >= 0.6 is 0 Å². The first-order valence-corrected chi connectivity index (χ1v) is 8.34. The monoisotopic (exact) mass is 332 g/mol. The molecule has 0 aromatic heterocycles. The SMILES string of the molecule is C[C@@H](OCCCNC(=O)CCN1C(=O)CCC1=O)c1ccccc1. The van der Waals surface area contributed by atoms with Gasteiger partial charge in [-0.05, 0) is 18.9 Å². The molecule has 3 amide bonds. The van der Waals surface area contributed by atoms with E-state index in [0.29, 0.717) is 19.6 Å². The number of nitrogens with zero attached hydrogens (tertiary/aromatic N) is 1. The first-order valence-electron chi connectivity index (χ1n) is 8.34. The van der Waals surface area contributed by atoms with Gasteiger partial charge in [0.2, 0.25) is 17.7 Å². The van der Waals surface area contributed by atoms with Gasteiger partial charge in [-0.25, -0.2) is 0 Å². The number of amides is 3. The van der Waals surface area contributed by atoms with Gasteiger partial charge in [-0.1, -0.05) is 30.3 Å². The molecule has 0 spiro atoms. The summed E-state index contributed by atoms with van der Waals surface area (Å²) in [5.41, 5.74) is 1.13. The molecular weight excluding hydrogens is 308 g/mol. The number of hydrogen-bond acceptors (Lipinski definition) is 4. The lowest BCUT2D eigenvalue weighted by atomic mass is 10.1. The summed E-state index contributed by atoms with van der Waals surface area (Å²) in [4.78, 5) is 35.8. The molecule has 0 radical (unpaired) electrons. The van der Waals surface area contributed by atoms with Gasteiger partial charge in [-0.2, -0.15) is 0 Å². The molecule has 1 fully saturated rings. The van der Waals surface area contributed by atoms with Crippen molar-refractivity contribution < 1.29 is 19.1 Å². The minimum atomic E-state index is -0.184. The van der Waals surface area contributed by atoms with E-state index in [9.17, 15) is 14.4 Å². The molecule has 24 heavy (non-hydrogen) atoms. The van der Waals surface area contributed by atoms with Gasteiger partial charge in [0, 0.05) is 39.0 Å². The Morgan fingerprint density at radius 3 is 2.54 bits per heavy atom. The van der Waals surface area contributed by atoms with Crippen LogP contribution in [0.1, 0.15) is 44.3 Å². The maximum absolute atomic E-state index is 11.7. The first-order chi connectivity index (χ1) is 11.6. The number of likely N-dealkylation sites (tertiary alicyclic amines) is 1. The molecule has 2 rings (SSSR count). The van der Waals surface area contributed by atoms with Gasteiger partial charge in [0.15, 0.2) is 0 Å². The van der Waals surface area contributed by atoms with Gasteiger partial charge in [0.1, 0.15) is 0 Å². The molecule has 6 nitrogen and oxygen atoms in total. The molecule has 1 aromatic carbocycles. The average Bonchev–Trinajstić information content (AvgIpc) is 2.91. The standard InChI is InChI=1S/C18H24N2O4/c1-14(15-6-3-2-4-7-15)24-13-5-11-19-16(21)10-12-20-17(22)8-9-18(20)23/h2-4,6-7,14H,5,8-13H2,1H3,(H,19,21)/t14-/m1/s1. The molecule has 1 aliphatic heterocycles. The summed E-state index contributed by atoms with van der Waals surface area (Å²) in [7, 11) is 0. The highest BCUT2D eigenvalue weighted by atomic mass is 16.5. The molecule has 1 saturated heterocycles. The second-order valence-corrected chi connectivity index (χ2v) is 5.82. The van der Waals surface area contributed by atoms with Crippen LogP contribution in [0.5, 0.6) is 0 Å². The van der Waals surface area contributed by atoms with Crippen molar-refractivity contribution in [2.24, 2.45) is 0 Å². The topological polar surface area (TPSA) is 75.7 Å². The van der Waals surface area contributed by atoms with Crippen LogP contribution in [0, 0.1) is 0 Å². The molecule has 1 atom stereocenters. The van der Waals surface area contributed by atoms with Crippen LogP contribution in [0.3, 0.4) is 0 Å². The number of nitrogens with one attached hydrogen (secondary N) is 1. The number of carbonyl (C=O) groups excluding carboxylic acids is 3. The second-order valence-electron chi connectivity index (χ2n) is 5.82. The van der Waals surface area contributed by atoms with E-state index in [0.717, 1.165) is 5.56 Å². The number of hydrogen-bond donors (Lipinski definition) is 1. The van der Waals surface area contributed by atoms with Crippen molar-refractivity contribution >= 4 is 17.7 Å². The van der Waals surface area contributed by atoms with E-state index in [1.54, 1.807) is 0 Å². The smallest absolute Gasteiger partial charge is 0.229 e. The summed E-state index contributed by atoms with van der Waals surface area (Å²) in [6.45, 7) is 3.24. The lowest BCUT2D eigenvalue weighted by molar-refractivity contribution is -0.138. The van der Waals surface area contributed by atoms with E-state index >= 15 is 0 Å². The van der Waals surface area contributed by atoms with Crippen LogP contribution in [0.25, 0.3) is 0 Å². The summed E-state index contributed by atoms with van der Waals surface area (Å²) < 4.78 is 5.73. The van der Waals surface area contributed by atoms with Crippen molar-refractivity contribution in [3.05, 3.63) is 35.9 Å². The zero-order valence-electron chi connectivity index (χ0n) is 14.0. The Labute approximate surface area is 142 Å². The molecular formula is C18H24N2O4. The predicted octanol–water partition coefficient (Wildman–Crippen LogP) is 1.81. The molecule has 1 aromatic rings. The van der Waals surface area contributed by atoms with Crippen molar-refractivity contribution in [1.29, 1.82) is 0 Å². The maximum atomic E-state index is 11.7. The molecule has 0 saturated carbocycles. The lowest BCUT2D eigenvalue weighted by Gasteiger charge is -2.14. The van der Waals surface area contributed by atoms with E-state index in [1.807, 2.05) is 37.3 Å². The van der Waals surface area contributed by atoms with E-state index in [-0.39, 0.29) is 49.6 Å². The molecule has 0 unspecified atom stereocenters. The number of ether oxygens (including phenoxy) is 1. The Kier molecular flexibility index (Phi) is 6.93. The van der Waals surface area contributed by atoms with Crippen LogP contribution in [0.4, 0.5) is 0 Å². The number of carbonyl (C=O) groups is 3. The summed E-state index contributed by atoms with van der Waals surface area (Å²) in [6, 6.07) is 9.96. The number of benzene rings is 1. The highest BCUT2D eigenvalue weighted by molar-refractivity contribution is 6.02. The summed E-state index contributed by atoms with van der Waals surface area (Å²) in [5.74, 6) is -0.522. The van der Waals surface area contributed by atoms with E-state index < -0.39 is 0 Å². The van der Waals surface area contributed by atoms with Crippen LogP contribution in [-0.2, 0) is 19.1 Å². The third-order valence-corrected chi connectivity index (χ3v) is 4.00. The summed E-state index contributed by atoms with van der Waals surface area (Å²) in [6.07, 6.45) is 1.41. The van der Waals surface area contributed by atoms with Gasteiger partial charge in [-0.15, -0.1) is 0 Å².